The first kappa shape index (κ1) is 15.6. The van der Waals surface area contributed by atoms with Gasteiger partial charge in [-0.3, -0.25) is 0 Å². The van der Waals surface area contributed by atoms with E-state index >= 15 is 0 Å². The minimum absolute atomic E-state index is 0.247. The third-order valence-electron chi connectivity index (χ3n) is 3.64. The first-order chi connectivity index (χ1) is 9.96. The topological polar surface area (TPSA) is 50.9 Å². The maximum absolute atomic E-state index is 14.0. The van der Waals surface area contributed by atoms with Crippen LogP contribution >= 0.6 is 0 Å². The van der Waals surface area contributed by atoms with Gasteiger partial charge in [-0.15, -0.1) is 0 Å². The summed E-state index contributed by atoms with van der Waals surface area (Å²) in [4.78, 5) is 4.23. The van der Waals surface area contributed by atoms with E-state index in [9.17, 15) is 9.50 Å². The normalized spacial score (nSPS) is 14.4. The van der Waals surface area contributed by atoms with Gasteiger partial charge in [0.1, 0.15) is 18.0 Å². The molecule has 1 N–H and O–H groups in total. The van der Waals surface area contributed by atoms with Crippen molar-refractivity contribution in [1.82, 2.24) is 14.8 Å². The molecule has 1 atom stereocenters. The molecule has 5 heteroatoms. The Balaban J connectivity index is 2.31. The van der Waals surface area contributed by atoms with Crippen LogP contribution in [0.5, 0.6) is 0 Å². The molecule has 1 unspecified atom stereocenters. The Morgan fingerprint density at radius 3 is 2.67 bits per heavy atom. The second-order valence-electron chi connectivity index (χ2n) is 5.79. The highest BCUT2D eigenvalue weighted by Gasteiger charge is 2.32. The quantitative estimate of drug-likeness (QED) is 0.890. The van der Waals surface area contributed by atoms with Crippen molar-refractivity contribution in [3.05, 3.63) is 47.8 Å². The number of aliphatic hydroxyl groups is 1. The number of aromatic nitrogens is 3. The third kappa shape index (κ3) is 3.47. The largest absolute Gasteiger partial charge is 0.385 e. The number of nitrogens with zero attached hydrogens (tertiary/aromatic N) is 3. The predicted molar refractivity (Wildman–Crippen MR) is 79.2 cm³/mol. The Morgan fingerprint density at radius 1 is 1.33 bits per heavy atom. The van der Waals surface area contributed by atoms with Crippen LogP contribution in [0.1, 0.15) is 38.6 Å². The SMILES string of the molecule is CCC(O)(Cc1ncnn1CC(C)C)c1ccccc1F. The van der Waals surface area contributed by atoms with Crippen molar-refractivity contribution in [3.63, 3.8) is 0 Å². The van der Waals surface area contributed by atoms with Crippen LogP contribution in [-0.2, 0) is 18.6 Å². The van der Waals surface area contributed by atoms with Crippen LogP contribution in [0.15, 0.2) is 30.6 Å². The van der Waals surface area contributed by atoms with Gasteiger partial charge in [0.15, 0.2) is 0 Å². The van der Waals surface area contributed by atoms with Crippen molar-refractivity contribution in [2.45, 2.75) is 45.8 Å². The molecule has 0 radical (unpaired) electrons. The highest BCUT2D eigenvalue weighted by Crippen LogP contribution is 2.30. The molecule has 0 fully saturated rings. The van der Waals surface area contributed by atoms with E-state index in [1.807, 2.05) is 6.92 Å². The molecule has 0 spiro atoms. The maximum atomic E-state index is 14.0. The van der Waals surface area contributed by atoms with Gasteiger partial charge in [-0.25, -0.2) is 14.1 Å². The van der Waals surface area contributed by atoms with E-state index in [0.29, 0.717) is 23.7 Å². The number of benzene rings is 1. The van der Waals surface area contributed by atoms with Crippen molar-refractivity contribution >= 4 is 0 Å². The smallest absolute Gasteiger partial charge is 0.138 e. The standard InChI is InChI=1S/C16H22FN3O/c1-4-16(21,13-7-5-6-8-14(13)17)9-15-18-11-19-20(15)10-12(2)3/h5-8,11-12,21H,4,9-10H2,1-3H3. The van der Waals surface area contributed by atoms with Crippen molar-refractivity contribution < 1.29 is 9.50 Å². The van der Waals surface area contributed by atoms with Gasteiger partial charge in [0.2, 0.25) is 0 Å². The average molecular weight is 291 g/mol. The highest BCUT2D eigenvalue weighted by atomic mass is 19.1. The number of halogens is 1. The van der Waals surface area contributed by atoms with Gasteiger partial charge >= 0.3 is 0 Å². The van der Waals surface area contributed by atoms with Crippen molar-refractivity contribution in [2.75, 3.05) is 0 Å². The molecule has 1 aromatic carbocycles. The van der Waals surface area contributed by atoms with Gasteiger partial charge in [0.05, 0.1) is 5.60 Å². The van der Waals surface area contributed by atoms with E-state index in [-0.39, 0.29) is 6.42 Å². The van der Waals surface area contributed by atoms with E-state index < -0.39 is 11.4 Å². The molecular formula is C16H22FN3O. The maximum Gasteiger partial charge on any atom is 0.138 e. The second-order valence-corrected chi connectivity index (χ2v) is 5.79. The summed E-state index contributed by atoms with van der Waals surface area (Å²) in [5, 5.41) is 15.1. The average Bonchev–Trinajstić information content (AvgIpc) is 2.85. The van der Waals surface area contributed by atoms with Crippen LogP contribution in [0.25, 0.3) is 0 Å². The molecule has 2 aromatic rings. The van der Waals surface area contributed by atoms with Crippen LogP contribution in [0.3, 0.4) is 0 Å². The molecule has 21 heavy (non-hydrogen) atoms. The lowest BCUT2D eigenvalue weighted by Gasteiger charge is -2.27. The second kappa shape index (κ2) is 6.35. The lowest BCUT2D eigenvalue weighted by atomic mass is 9.87. The molecule has 0 aliphatic carbocycles. The molecule has 0 saturated carbocycles. The summed E-state index contributed by atoms with van der Waals surface area (Å²) in [6.07, 6.45) is 2.13. The summed E-state index contributed by atoms with van der Waals surface area (Å²) in [7, 11) is 0. The fourth-order valence-electron chi connectivity index (χ4n) is 2.43. The molecule has 0 saturated heterocycles. The minimum atomic E-state index is -1.27. The summed E-state index contributed by atoms with van der Waals surface area (Å²) >= 11 is 0. The lowest BCUT2D eigenvalue weighted by Crippen LogP contribution is -2.31. The zero-order chi connectivity index (χ0) is 15.5. The molecule has 0 bridgehead atoms. The van der Waals surface area contributed by atoms with E-state index in [1.54, 1.807) is 22.9 Å². The molecule has 1 aromatic heterocycles. The van der Waals surface area contributed by atoms with E-state index in [0.717, 1.165) is 6.54 Å². The van der Waals surface area contributed by atoms with Gasteiger partial charge in [0, 0.05) is 18.5 Å². The Morgan fingerprint density at radius 2 is 2.05 bits per heavy atom. The van der Waals surface area contributed by atoms with Gasteiger partial charge in [0.25, 0.3) is 0 Å². The fourth-order valence-corrected chi connectivity index (χ4v) is 2.43. The third-order valence-corrected chi connectivity index (χ3v) is 3.64. The van der Waals surface area contributed by atoms with Crippen LogP contribution < -0.4 is 0 Å². The van der Waals surface area contributed by atoms with Crippen LogP contribution in [0.2, 0.25) is 0 Å². The van der Waals surface area contributed by atoms with Crippen molar-refractivity contribution in [2.24, 2.45) is 5.92 Å². The summed E-state index contributed by atoms with van der Waals surface area (Å²) in [6.45, 7) is 6.75. The fraction of sp³-hybridized carbons (Fsp3) is 0.500. The van der Waals surface area contributed by atoms with Gasteiger partial charge in [-0.05, 0) is 18.4 Å². The Hall–Kier alpha value is -1.75. The Kier molecular flexibility index (Phi) is 4.73. The minimum Gasteiger partial charge on any atom is -0.385 e. The molecule has 0 aliphatic rings. The zero-order valence-corrected chi connectivity index (χ0v) is 12.8. The Bertz CT molecular complexity index is 597. The molecule has 2 rings (SSSR count). The first-order valence-electron chi connectivity index (χ1n) is 7.30. The van der Waals surface area contributed by atoms with Gasteiger partial charge in [-0.2, -0.15) is 5.10 Å². The van der Waals surface area contributed by atoms with Crippen LogP contribution in [-0.4, -0.2) is 19.9 Å². The molecule has 0 aliphatic heterocycles. The summed E-state index contributed by atoms with van der Waals surface area (Å²) in [5.74, 6) is 0.710. The number of hydrogen-bond acceptors (Lipinski definition) is 3. The van der Waals surface area contributed by atoms with Crippen molar-refractivity contribution in [3.8, 4) is 0 Å². The zero-order valence-electron chi connectivity index (χ0n) is 12.8. The number of rotatable bonds is 6. The Labute approximate surface area is 124 Å². The van der Waals surface area contributed by atoms with E-state index in [1.165, 1.54) is 12.4 Å². The summed E-state index contributed by atoms with van der Waals surface area (Å²) < 4.78 is 15.8. The van der Waals surface area contributed by atoms with Gasteiger partial charge < -0.3 is 5.11 Å². The van der Waals surface area contributed by atoms with E-state index in [2.05, 4.69) is 23.9 Å². The molecule has 1 heterocycles. The molecule has 114 valence electrons. The van der Waals surface area contributed by atoms with Crippen molar-refractivity contribution in [1.29, 1.82) is 0 Å². The molecule has 4 nitrogen and oxygen atoms in total. The predicted octanol–water partition coefficient (Wildman–Crippen LogP) is 2.91. The molecular weight excluding hydrogens is 269 g/mol. The monoisotopic (exact) mass is 291 g/mol. The van der Waals surface area contributed by atoms with Gasteiger partial charge in [-0.1, -0.05) is 39.0 Å². The summed E-state index contributed by atoms with van der Waals surface area (Å²) in [5.41, 5.74) is -0.959. The number of hydrogen-bond donors (Lipinski definition) is 1. The summed E-state index contributed by atoms with van der Waals surface area (Å²) in [6, 6.07) is 6.35. The first-order valence-corrected chi connectivity index (χ1v) is 7.30. The van der Waals surface area contributed by atoms with E-state index in [4.69, 9.17) is 0 Å². The molecule has 0 amide bonds. The lowest BCUT2D eigenvalue weighted by molar-refractivity contribution is 0.0259. The highest BCUT2D eigenvalue weighted by molar-refractivity contribution is 5.25. The van der Waals surface area contributed by atoms with Crippen LogP contribution in [0, 0.1) is 11.7 Å². The van der Waals surface area contributed by atoms with Crippen LogP contribution in [0.4, 0.5) is 4.39 Å².